The summed E-state index contributed by atoms with van der Waals surface area (Å²) in [7, 11) is 1.65. The number of β-lactam (4-membered cyclic amide) rings is 1. The Morgan fingerprint density at radius 3 is 2.83 bits per heavy atom. The Bertz CT molecular complexity index is 172. The summed E-state index contributed by atoms with van der Waals surface area (Å²) >= 11 is 0. The number of methoxy groups -OCH3 is 1. The van der Waals surface area contributed by atoms with E-state index in [1.54, 1.807) is 12.0 Å². The average molecular weight is 172 g/mol. The number of hydrogen-bond donors (Lipinski definition) is 1. The van der Waals surface area contributed by atoms with Gasteiger partial charge in [-0.3, -0.25) is 4.79 Å². The van der Waals surface area contributed by atoms with Gasteiger partial charge in [0.2, 0.25) is 5.91 Å². The van der Waals surface area contributed by atoms with Gasteiger partial charge in [-0.05, 0) is 6.42 Å². The molecule has 0 aromatic carbocycles. The summed E-state index contributed by atoms with van der Waals surface area (Å²) in [5.41, 5.74) is 5.47. The summed E-state index contributed by atoms with van der Waals surface area (Å²) < 4.78 is 5.00. The van der Waals surface area contributed by atoms with E-state index in [4.69, 9.17) is 10.5 Å². The zero-order chi connectivity index (χ0) is 9.14. The first-order valence-corrected chi connectivity index (χ1v) is 4.25. The fraction of sp³-hybridized carbons (Fsp3) is 0.875. The molecule has 4 nitrogen and oxygen atoms in total. The molecule has 4 heteroatoms. The standard InChI is InChI=1S/C8H16N2O2/c1-3-6(5-12-2)10-4-7(9)8(10)11/h6-7H,3-5,9H2,1-2H3. The fourth-order valence-electron chi connectivity index (χ4n) is 1.43. The van der Waals surface area contributed by atoms with Crippen LogP contribution in [0, 0.1) is 0 Å². The summed E-state index contributed by atoms with van der Waals surface area (Å²) in [6.07, 6.45) is 0.923. The number of carbonyl (C=O) groups excluding carboxylic acids is 1. The van der Waals surface area contributed by atoms with Crippen LogP contribution in [0.5, 0.6) is 0 Å². The minimum atomic E-state index is -0.268. The molecule has 1 aliphatic heterocycles. The molecule has 1 rings (SSSR count). The van der Waals surface area contributed by atoms with Crippen molar-refractivity contribution in [3.05, 3.63) is 0 Å². The van der Waals surface area contributed by atoms with Gasteiger partial charge in [0.25, 0.3) is 0 Å². The Morgan fingerprint density at radius 1 is 1.83 bits per heavy atom. The van der Waals surface area contributed by atoms with Crippen molar-refractivity contribution in [2.75, 3.05) is 20.3 Å². The van der Waals surface area contributed by atoms with E-state index in [9.17, 15) is 4.79 Å². The van der Waals surface area contributed by atoms with Crippen LogP contribution in [0.4, 0.5) is 0 Å². The van der Waals surface area contributed by atoms with Gasteiger partial charge in [-0.2, -0.15) is 0 Å². The number of nitrogens with zero attached hydrogens (tertiary/aromatic N) is 1. The minimum absolute atomic E-state index is 0.0545. The highest BCUT2D eigenvalue weighted by atomic mass is 16.5. The maximum absolute atomic E-state index is 11.2. The zero-order valence-electron chi connectivity index (χ0n) is 7.62. The summed E-state index contributed by atoms with van der Waals surface area (Å²) in [6, 6.07) is -0.0572. The molecule has 1 heterocycles. The second kappa shape index (κ2) is 3.87. The van der Waals surface area contributed by atoms with Crippen LogP contribution in [0.15, 0.2) is 0 Å². The van der Waals surface area contributed by atoms with Gasteiger partial charge in [0.05, 0.1) is 12.6 Å². The minimum Gasteiger partial charge on any atom is -0.383 e. The Labute approximate surface area is 72.7 Å². The summed E-state index contributed by atoms with van der Waals surface area (Å²) in [6.45, 7) is 3.33. The third kappa shape index (κ3) is 1.59. The molecule has 1 aliphatic rings. The summed E-state index contributed by atoms with van der Waals surface area (Å²) in [5, 5.41) is 0. The van der Waals surface area contributed by atoms with Crippen molar-refractivity contribution in [3.63, 3.8) is 0 Å². The largest absolute Gasteiger partial charge is 0.383 e. The van der Waals surface area contributed by atoms with E-state index in [1.807, 2.05) is 6.92 Å². The second-order valence-corrected chi connectivity index (χ2v) is 3.11. The molecule has 0 aromatic rings. The average Bonchev–Trinajstić information content (AvgIpc) is 2.10. The van der Waals surface area contributed by atoms with Crippen molar-refractivity contribution >= 4 is 5.91 Å². The van der Waals surface area contributed by atoms with Crippen molar-refractivity contribution in [2.45, 2.75) is 25.4 Å². The van der Waals surface area contributed by atoms with E-state index in [0.29, 0.717) is 13.2 Å². The lowest BCUT2D eigenvalue weighted by Crippen LogP contribution is -2.64. The monoisotopic (exact) mass is 172 g/mol. The maximum atomic E-state index is 11.2. The van der Waals surface area contributed by atoms with Crippen LogP contribution in [-0.4, -0.2) is 43.2 Å². The molecule has 1 saturated heterocycles. The molecular weight excluding hydrogens is 156 g/mol. The van der Waals surface area contributed by atoms with E-state index < -0.39 is 0 Å². The van der Waals surface area contributed by atoms with Gasteiger partial charge < -0.3 is 15.4 Å². The molecule has 0 saturated carbocycles. The van der Waals surface area contributed by atoms with E-state index >= 15 is 0 Å². The number of likely N-dealkylation sites (tertiary alicyclic amines) is 1. The van der Waals surface area contributed by atoms with Crippen LogP contribution >= 0.6 is 0 Å². The number of nitrogens with two attached hydrogens (primary N) is 1. The predicted molar refractivity (Wildman–Crippen MR) is 45.6 cm³/mol. The van der Waals surface area contributed by atoms with Crippen molar-refractivity contribution in [1.29, 1.82) is 0 Å². The van der Waals surface area contributed by atoms with Crippen LogP contribution in [0.2, 0.25) is 0 Å². The highest BCUT2D eigenvalue weighted by Crippen LogP contribution is 2.15. The van der Waals surface area contributed by atoms with Crippen LogP contribution in [-0.2, 0) is 9.53 Å². The highest BCUT2D eigenvalue weighted by Gasteiger charge is 2.37. The van der Waals surface area contributed by atoms with Gasteiger partial charge in [0.15, 0.2) is 0 Å². The predicted octanol–water partition coefficient (Wildman–Crippen LogP) is -0.419. The van der Waals surface area contributed by atoms with Crippen molar-refractivity contribution in [3.8, 4) is 0 Å². The first-order chi connectivity index (χ1) is 5.70. The molecular formula is C8H16N2O2. The fourth-order valence-corrected chi connectivity index (χ4v) is 1.43. The third-order valence-corrected chi connectivity index (χ3v) is 2.26. The van der Waals surface area contributed by atoms with Crippen LogP contribution in [0.25, 0.3) is 0 Å². The van der Waals surface area contributed by atoms with E-state index in [1.165, 1.54) is 0 Å². The van der Waals surface area contributed by atoms with Crippen molar-refractivity contribution in [1.82, 2.24) is 4.90 Å². The van der Waals surface area contributed by atoms with Crippen LogP contribution < -0.4 is 5.73 Å². The lowest BCUT2D eigenvalue weighted by atomic mass is 10.0. The van der Waals surface area contributed by atoms with E-state index in [2.05, 4.69) is 0 Å². The molecule has 70 valence electrons. The van der Waals surface area contributed by atoms with Gasteiger partial charge in [0, 0.05) is 13.7 Å². The smallest absolute Gasteiger partial charge is 0.241 e. The van der Waals surface area contributed by atoms with Gasteiger partial charge >= 0.3 is 0 Å². The quantitative estimate of drug-likeness (QED) is 0.586. The molecule has 1 amide bonds. The van der Waals surface area contributed by atoms with Crippen LogP contribution in [0.1, 0.15) is 13.3 Å². The Balaban J connectivity index is 2.40. The molecule has 0 aliphatic carbocycles. The van der Waals surface area contributed by atoms with Gasteiger partial charge in [-0.1, -0.05) is 6.92 Å². The Kier molecular flexibility index (Phi) is 3.05. The normalized spacial score (nSPS) is 25.4. The SMILES string of the molecule is CCC(COC)N1CC(N)C1=O. The molecule has 2 unspecified atom stereocenters. The highest BCUT2D eigenvalue weighted by molar-refractivity contribution is 5.87. The number of rotatable bonds is 4. The van der Waals surface area contributed by atoms with Gasteiger partial charge in [-0.25, -0.2) is 0 Å². The summed E-state index contributed by atoms with van der Waals surface area (Å²) in [5.74, 6) is 0.0545. The van der Waals surface area contributed by atoms with E-state index in [-0.39, 0.29) is 18.0 Å². The molecule has 2 N–H and O–H groups in total. The lowest BCUT2D eigenvalue weighted by Gasteiger charge is -2.41. The molecule has 0 bridgehead atoms. The molecule has 0 aromatic heterocycles. The molecule has 0 radical (unpaired) electrons. The topological polar surface area (TPSA) is 55.6 Å². The zero-order valence-corrected chi connectivity index (χ0v) is 7.62. The Morgan fingerprint density at radius 2 is 2.50 bits per heavy atom. The number of hydrogen-bond acceptors (Lipinski definition) is 3. The first kappa shape index (κ1) is 9.48. The maximum Gasteiger partial charge on any atom is 0.241 e. The Hall–Kier alpha value is -0.610. The lowest BCUT2D eigenvalue weighted by molar-refractivity contribution is -0.147. The first-order valence-electron chi connectivity index (χ1n) is 4.25. The summed E-state index contributed by atoms with van der Waals surface area (Å²) in [4.78, 5) is 13.0. The molecule has 12 heavy (non-hydrogen) atoms. The molecule has 1 fully saturated rings. The number of amides is 1. The second-order valence-electron chi connectivity index (χ2n) is 3.11. The van der Waals surface area contributed by atoms with E-state index in [0.717, 1.165) is 6.42 Å². The van der Waals surface area contributed by atoms with Crippen LogP contribution in [0.3, 0.4) is 0 Å². The molecule has 0 spiro atoms. The van der Waals surface area contributed by atoms with Crippen molar-refractivity contribution in [2.24, 2.45) is 5.73 Å². The molecule has 2 atom stereocenters. The number of carbonyl (C=O) groups is 1. The van der Waals surface area contributed by atoms with Crippen molar-refractivity contribution < 1.29 is 9.53 Å². The number of ether oxygens (including phenoxy) is 1. The van der Waals surface area contributed by atoms with Gasteiger partial charge in [-0.15, -0.1) is 0 Å². The third-order valence-electron chi connectivity index (χ3n) is 2.26. The van der Waals surface area contributed by atoms with Gasteiger partial charge in [0.1, 0.15) is 6.04 Å².